The quantitative estimate of drug-likeness (QED) is 0.524. The number of carbonyl (C=O) groups is 1. The van der Waals surface area contributed by atoms with E-state index in [1.54, 1.807) is 17.0 Å². The Morgan fingerprint density at radius 3 is 2.32 bits per heavy atom. The highest BCUT2D eigenvalue weighted by Crippen LogP contribution is 2.23. The number of piperidine rings is 1. The molecule has 31 heavy (non-hydrogen) atoms. The van der Waals surface area contributed by atoms with Crippen molar-refractivity contribution < 1.29 is 9.32 Å². The van der Waals surface area contributed by atoms with Gasteiger partial charge in [-0.05, 0) is 67.9 Å². The minimum absolute atomic E-state index is 0.0425. The van der Waals surface area contributed by atoms with Crippen LogP contribution in [0.25, 0.3) is 11.4 Å². The van der Waals surface area contributed by atoms with E-state index in [4.69, 9.17) is 27.7 Å². The maximum atomic E-state index is 12.8. The molecule has 0 spiro atoms. The van der Waals surface area contributed by atoms with E-state index in [1.807, 2.05) is 43.4 Å². The lowest BCUT2D eigenvalue weighted by Crippen LogP contribution is -2.40. The lowest BCUT2D eigenvalue weighted by molar-refractivity contribution is -0.136. The van der Waals surface area contributed by atoms with Crippen LogP contribution in [0.3, 0.4) is 0 Å². The first-order valence-electron chi connectivity index (χ1n) is 10.3. The van der Waals surface area contributed by atoms with Gasteiger partial charge in [-0.15, -0.1) is 0 Å². The van der Waals surface area contributed by atoms with Crippen LogP contribution in [0.5, 0.6) is 0 Å². The van der Waals surface area contributed by atoms with Gasteiger partial charge in [0.25, 0.3) is 0 Å². The van der Waals surface area contributed by atoms with Gasteiger partial charge >= 0.3 is 0 Å². The van der Waals surface area contributed by atoms with Crippen LogP contribution in [0.1, 0.15) is 24.3 Å². The molecule has 1 aromatic heterocycles. The Labute approximate surface area is 191 Å². The Balaban J connectivity index is 1.27. The third-order valence-corrected chi connectivity index (χ3v) is 6.08. The van der Waals surface area contributed by atoms with Crippen LogP contribution in [-0.2, 0) is 17.9 Å². The molecule has 1 fully saturated rings. The highest BCUT2D eigenvalue weighted by Gasteiger charge is 2.28. The Hall–Kier alpha value is -2.41. The third kappa shape index (κ3) is 5.64. The topological polar surface area (TPSA) is 62.5 Å². The SMILES string of the molecule is CN(Cc1ccc(Cl)cc1)C(=O)C1CCN(Cc2nc(-c3ccc(Cl)cc3)no2)CC1. The summed E-state index contributed by atoms with van der Waals surface area (Å²) < 4.78 is 5.42. The summed E-state index contributed by atoms with van der Waals surface area (Å²) in [4.78, 5) is 21.4. The molecule has 2 aromatic carbocycles. The van der Waals surface area contributed by atoms with Gasteiger partial charge in [-0.1, -0.05) is 40.5 Å². The maximum Gasteiger partial charge on any atom is 0.241 e. The molecule has 6 nitrogen and oxygen atoms in total. The first-order chi connectivity index (χ1) is 15.0. The minimum atomic E-state index is 0.0425. The molecule has 8 heteroatoms. The number of halogens is 2. The smallest absolute Gasteiger partial charge is 0.241 e. The summed E-state index contributed by atoms with van der Waals surface area (Å²) in [5, 5.41) is 5.44. The molecule has 4 rings (SSSR count). The lowest BCUT2D eigenvalue weighted by atomic mass is 9.95. The Kier molecular flexibility index (Phi) is 6.90. The molecular weight excluding hydrogens is 435 g/mol. The molecule has 0 unspecified atom stereocenters. The number of benzene rings is 2. The van der Waals surface area contributed by atoms with Crippen molar-refractivity contribution in [3.63, 3.8) is 0 Å². The number of amides is 1. The molecule has 1 aliphatic heterocycles. The normalized spacial score (nSPS) is 15.2. The molecule has 0 atom stereocenters. The van der Waals surface area contributed by atoms with Crippen LogP contribution in [-0.4, -0.2) is 46.0 Å². The van der Waals surface area contributed by atoms with E-state index in [0.717, 1.165) is 37.1 Å². The first-order valence-corrected chi connectivity index (χ1v) is 11.0. The van der Waals surface area contributed by atoms with Gasteiger partial charge in [0.1, 0.15) is 0 Å². The Bertz CT molecular complexity index is 1010. The van der Waals surface area contributed by atoms with Crippen LogP contribution >= 0.6 is 23.2 Å². The van der Waals surface area contributed by atoms with Crippen molar-refractivity contribution in [1.82, 2.24) is 19.9 Å². The van der Waals surface area contributed by atoms with Crippen LogP contribution in [0, 0.1) is 5.92 Å². The van der Waals surface area contributed by atoms with Gasteiger partial charge in [0.2, 0.25) is 17.6 Å². The molecule has 1 saturated heterocycles. The summed E-state index contributed by atoms with van der Waals surface area (Å²) in [6.07, 6.45) is 1.64. The standard InChI is InChI=1S/C23H24Cl2N4O2/c1-28(14-16-2-6-19(24)7-3-16)23(30)18-10-12-29(13-11-18)15-21-26-22(27-31-21)17-4-8-20(25)9-5-17/h2-9,18H,10-15H2,1H3. The molecule has 0 saturated carbocycles. The highest BCUT2D eigenvalue weighted by molar-refractivity contribution is 6.30. The van der Waals surface area contributed by atoms with Crippen LogP contribution in [0.2, 0.25) is 10.0 Å². The van der Waals surface area contributed by atoms with Crippen molar-refractivity contribution in [2.45, 2.75) is 25.9 Å². The number of carbonyl (C=O) groups excluding carboxylic acids is 1. The maximum absolute atomic E-state index is 12.8. The monoisotopic (exact) mass is 458 g/mol. The average molecular weight is 459 g/mol. The lowest BCUT2D eigenvalue weighted by Gasteiger charge is -2.32. The first kappa shape index (κ1) is 21.8. The van der Waals surface area contributed by atoms with Crippen molar-refractivity contribution in [3.8, 4) is 11.4 Å². The van der Waals surface area contributed by atoms with Crippen molar-refractivity contribution in [3.05, 3.63) is 70.0 Å². The Morgan fingerprint density at radius 1 is 1.06 bits per heavy atom. The van der Waals surface area contributed by atoms with Crippen LogP contribution in [0.4, 0.5) is 0 Å². The molecule has 1 aliphatic rings. The summed E-state index contributed by atoms with van der Waals surface area (Å²) in [6.45, 7) is 2.82. The zero-order valence-corrected chi connectivity index (χ0v) is 18.8. The summed E-state index contributed by atoms with van der Waals surface area (Å²) in [5.74, 6) is 1.37. The molecule has 0 radical (unpaired) electrons. The second-order valence-corrected chi connectivity index (χ2v) is 8.76. The van der Waals surface area contributed by atoms with E-state index in [9.17, 15) is 4.79 Å². The molecule has 0 aliphatic carbocycles. The summed E-state index contributed by atoms with van der Waals surface area (Å²) in [6, 6.07) is 15.0. The van der Waals surface area contributed by atoms with Crippen molar-refractivity contribution in [1.29, 1.82) is 0 Å². The highest BCUT2D eigenvalue weighted by atomic mass is 35.5. The molecule has 3 aromatic rings. The summed E-state index contributed by atoms with van der Waals surface area (Å²) in [7, 11) is 1.86. The fourth-order valence-corrected chi connectivity index (χ4v) is 4.07. The fraction of sp³-hybridized carbons (Fsp3) is 0.348. The van der Waals surface area contributed by atoms with E-state index in [1.165, 1.54) is 0 Å². The van der Waals surface area contributed by atoms with E-state index >= 15 is 0 Å². The van der Waals surface area contributed by atoms with Gasteiger partial charge in [-0.25, -0.2) is 0 Å². The predicted octanol–water partition coefficient (Wildman–Crippen LogP) is 4.91. The van der Waals surface area contributed by atoms with E-state index < -0.39 is 0 Å². The second kappa shape index (κ2) is 9.81. The third-order valence-electron chi connectivity index (χ3n) is 5.58. The van der Waals surface area contributed by atoms with Gasteiger partial charge in [0, 0.05) is 35.1 Å². The fourth-order valence-electron chi connectivity index (χ4n) is 3.82. The van der Waals surface area contributed by atoms with Gasteiger partial charge in [-0.2, -0.15) is 4.98 Å². The van der Waals surface area contributed by atoms with Gasteiger partial charge in [-0.3, -0.25) is 9.69 Å². The van der Waals surface area contributed by atoms with Crippen LogP contribution in [0.15, 0.2) is 53.1 Å². The number of hydrogen-bond donors (Lipinski definition) is 0. The molecular formula is C23H24Cl2N4O2. The second-order valence-electron chi connectivity index (χ2n) is 7.89. The van der Waals surface area contributed by atoms with Crippen LogP contribution < -0.4 is 0 Å². The van der Waals surface area contributed by atoms with E-state index in [2.05, 4.69) is 15.0 Å². The average Bonchev–Trinajstić information content (AvgIpc) is 3.24. The van der Waals surface area contributed by atoms with E-state index in [0.29, 0.717) is 34.8 Å². The molecule has 1 amide bonds. The number of likely N-dealkylation sites (tertiary alicyclic amines) is 1. The van der Waals surface area contributed by atoms with Gasteiger partial charge in [0.05, 0.1) is 6.54 Å². The number of aromatic nitrogens is 2. The van der Waals surface area contributed by atoms with Gasteiger partial charge < -0.3 is 9.42 Å². The van der Waals surface area contributed by atoms with Crippen molar-refractivity contribution in [2.75, 3.05) is 20.1 Å². The number of hydrogen-bond acceptors (Lipinski definition) is 5. The largest absolute Gasteiger partial charge is 0.341 e. The number of rotatable bonds is 6. The van der Waals surface area contributed by atoms with E-state index in [-0.39, 0.29) is 11.8 Å². The zero-order chi connectivity index (χ0) is 21.8. The summed E-state index contributed by atoms with van der Waals surface area (Å²) in [5.41, 5.74) is 1.94. The summed E-state index contributed by atoms with van der Waals surface area (Å²) >= 11 is 11.9. The molecule has 2 heterocycles. The van der Waals surface area contributed by atoms with Gasteiger partial charge in [0.15, 0.2) is 0 Å². The number of nitrogens with zero attached hydrogens (tertiary/aromatic N) is 4. The Morgan fingerprint density at radius 2 is 1.68 bits per heavy atom. The van der Waals surface area contributed by atoms with Crippen molar-refractivity contribution in [2.24, 2.45) is 5.92 Å². The minimum Gasteiger partial charge on any atom is -0.341 e. The molecule has 162 valence electrons. The predicted molar refractivity (Wildman–Crippen MR) is 121 cm³/mol. The molecule has 0 N–H and O–H groups in total. The van der Waals surface area contributed by atoms with Crippen molar-refractivity contribution >= 4 is 29.1 Å². The zero-order valence-electron chi connectivity index (χ0n) is 17.3. The molecule has 0 bridgehead atoms.